The number of hydrogen-bond donors (Lipinski definition) is 2. The lowest BCUT2D eigenvalue weighted by Crippen LogP contribution is -2.56. The van der Waals surface area contributed by atoms with Gasteiger partial charge in [-0.1, -0.05) is 13.8 Å². The van der Waals surface area contributed by atoms with Crippen LogP contribution in [-0.4, -0.2) is 17.5 Å². The van der Waals surface area contributed by atoms with E-state index in [2.05, 4.69) is 19.2 Å². The molecule has 0 aromatic heterocycles. The van der Waals surface area contributed by atoms with Crippen molar-refractivity contribution in [1.29, 1.82) is 0 Å². The SMILES string of the molecule is CCC1(NC(=O)C2CC(N)CCC2C)CCC1. The van der Waals surface area contributed by atoms with Gasteiger partial charge in [0.15, 0.2) is 0 Å². The molecule has 3 heteroatoms. The summed E-state index contributed by atoms with van der Waals surface area (Å²) in [5.74, 6) is 0.890. The lowest BCUT2D eigenvalue weighted by Gasteiger charge is -2.44. The van der Waals surface area contributed by atoms with Gasteiger partial charge in [0, 0.05) is 17.5 Å². The van der Waals surface area contributed by atoms with Crippen LogP contribution in [0.15, 0.2) is 0 Å². The Balaban J connectivity index is 1.94. The van der Waals surface area contributed by atoms with Gasteiger partial charge in [0.1, 0.15) is 0 Å². The Bertz CT molecular complexity index is 280. The molecule has 0 aromatic carbocycles. The first-order chi connectivity index (χ1) is 8.06. The molecule has 2 fully saturated rings. The van der Waals surface area contributed by atoms with Crippen molar-refractivity contribution in [3.63, 3.8) is 0 Å². The minimum atomic E-state index is 0.123. The van der Waals surface area contributed by atoms with Gasteiger partial charge in [0.05, 0.1) is 0 Å². The average Bonchev–Trinajstić information content (AvgIpc) is 2.26. The van der Waals surface area contributed by atoms with Gasteiger partial charge in [0.2, 0.25) is 5.91 Å². The molecule has 0 bridgehead atoms. The smallest absolute Gasteiger partial charge is 0.223 e. The molecule has 0 spiro atoms. The Hall–Kier alpha value is -0.570. The second kappa shape index (κ2) is 4.97. The lowest BCUT2D eigenvalue weighted by molar-refractivity contribution is -0.131. The molecule has 0 saturated heterocycles. The van der Waals surface area contributed by atoms with E-state index in [9.17, 15) is 4.79 Å². The predicted octanol–water partition coefficient (Wildman–Crippen LogP) is 2.20. The molecule has 0 aromatic rings. The number of hydrogen-bond acceptors (Lipinski definition) is 2. The van der Waals surface area contributed by atoms with Crippen molar-refractivity contribution < 1.29 is 4.79 Å². The molecule has 2 saturated carbocycles. The number of carbonyl (C=O) groups is 1. The van der Waals surface area contributed by atoms with E-state index in [0.717, 1.165) is 38.5 Å². The molecule has 0 radical (unpaired) electrons. The molecule has 3 N–H and O–H groups in total. The highest BCUT2D eigenvalue weighted by molar-refractivity contribution is 5.80. The standard InChI is InChI=1S/C14H26N2O/c1-3-14(7-4-8-14)16-13(17)12-9-11(15)6-5-10(12)2/h10-12H,3-9,15H2,1-2H3,(H,16,17). The largest absolute Gasteiger partial charge is 0.350 e. The van der Waals surface area contributed by atoms with E-state index in [1.165, 1.54) is 6.42 Å². The van der Waals surface area contributed by atoms with Crippen LogP contribution in [0.3, 0.4) is 0 Å². The monoisotopic (exact) mass is 238 g/mol. The highest BCUT2D eigenvalue weighted by atomic mass is 16.2. The molecule has 17 heavy (non-hydrogen) atoms. The molecule has 0 aliphatic heterocycles. The molecule has 3 nitrogen and oxygen atoms in total. The second-order valence-corrected chi connectivity index (χ2v) is 6.13. The average molecular weight is 238 g/mol. The Morgan fingerprint density at radius 3 is 2.65 bits per heavy atom. The second-order valence-electron chi connectivity index (χ2n) is 6.13. The van der Waals surface area contributed by atoms with E-state index in [1.807, 2.05) is 0 Å². The predicted molar refractivity (Wildman–Crippen MR) is 69.5 cm³/mol. The summed E-state index contributed by atoms with van der Waals surface area (Å²) in [5, 5.41) is 3.31. The Morgan fingerprint density at radius 2 is 2.12 bits per heavy atom. The van der Waals surface area contributed by atoms with Gasteiger partial charge >= 0.3 is 0 Å². The number of nitrogens with two attached hydrogens (primary N) is 1. The fraction of sp³-hybridized carbons (Fsp3) is 0.929. The molecule has 98 valence electrons. The third-order valence-corrected chi connectivity index (χ3v) is 4.95. The fourth-order valence-corrected chi connectivity index (χ4v) is 3.24. The Kier molecular flexibility index (Phi) is 3.76. The lowest BCUT2D eigenvalue weighted by atomic mass is 9.73. The van der Waals surface area contributed by atoms with Crippen LogP contribution >= 0.6 is 0 Å². The summed E-state index contributed by atoms with van der Waals surface area (Å²) in [6.07, 6.45) is 7.67. The maximum absolute atomic E-state index is 12.4. The summed E-state index contributed by atoms with van der Waals surface area (Å²) >= 11 is 0. The fourth-order valence-electron chi connectivity index (χ4n) is 3.24. The number of carbonyl (C=O) groups excluding carboxylic acids is 1. The minimum absolute atomic E-state index is 0.123. The first kappa shape index (κ1) is 12.9. The van der Waals surface area contributed by atoms with Crippen LogP contribution in [-0.2, 0) is 4.79 Å². The molecule has 2 aliphatic carbocycles. The van der Waals surface area contributed by atoms with Gasteiger partial charge in [-0.2, -0.15) is 0 Å². The summed E-state index contributed by atoms with van der Waals surface area (Å²) in [4.78, 5) is 12.4. The first-order valence-electron chi connectivity index (χ1n) is 7.14. The molecule has 1 amide bonds. The molecular formula is C14H26N2O. The van der Waals surface area contributed by atoms with Crippen molar-refractivity contribution in [2.45, 2.75) is 70.4 Å². The Morgan fingerprint density at radius 1 is 1.41 bits per heavy atom. The molecule has 2 aliphatic rings. The van der Waals surface area contributed by atoms with Gasteiger partial charge in [-0.3, -0.25) is 4.79 Å². The van der Waals surface area contributed by atoms with Gasteiger partial charge in [0.25, 0.3) is 0 Å². The first-order valence-corrected chi connectivity index (χ1v) is 7.14. The maximum atomic E-state index is 12.4. The van der Waals surface area contributed by atoms with Crippen LogP contribution < -0.4 is 11.1 Å². The number of nitrogens with one attached hydrogen (secondary N) is 1. The van der Waals surface area contributed by atoms with E-state index in [4.69, 9.17) is 5.73 Å². The summed E-state index contributed by atoms with van der Waals surface area (Å²) in [6.45, 7) is 4.37. The summed E-state index contributed by atoms with van der Waals surface area (Å²) in [7, 11) is 0. The van der Waals surface area contributed by atoms with Crippen LogP contribution in [0.5, 0.6) is 0 Å². The van der Waals surface area contributed by atoms with Crippen LogP contribution in [0.4, 0.5) is 0 Å². The summed E-state index contributed by atoms with van der Waals surface area (Å²) in [6, 6.07) is 0.223. The quantitative estimate of drug-likeness (QED) is 0.792. The zero-order chi connectivity index (χ0) is 12.5. The van der Waals surface area contributed by atoms with Crippen molar-refractivity contribution in [2.75, 3.05) is 0 Å². The highest BCUT2D eigenvalue weighted by Gasteiger charge is 2.39. The molecular weight excluding hydrogens is 212 g/mol. The van der Waals surface area contributed by atoms with E-state index in [0.29, 0.717) is 5.92 Å². The molecule has 3 atom stereocenters. The van der Waals surface area contributed by atoms with Gasteiger partial charge in [-0.05, 0) is 50.9 Å². The molecule has 0 heterocycles. The summed E-state index contributed by atoms with van der Waals surface area (Å²) < 4.78 is 0. The number of amides is 1. The van der Waals surface area contributed by atoms with Crippen LogP contribution in [0.2, 0.25) is 0 Å². The normalized spacial score (nSPS) is 36.1. The Labute approximate surface area is 105 Å². The summed E-state index contributed by atoms with van der Waals surface area (Å²) in [5.41, 5.74) is 6.11. The minimum Gasteiger partial charge on any atom is -0.350 e. The van der Waals surface area contributed by atoms with Crippen molar-refractivity contribution in [3.8, 4) is 0 Å². The third kappa shape index (κ3) is 2.65. The molecule has 3 unspecified atom stereocenters. The van der Waals surface area contributed by atoms with E-state index in [-0.39, 0.29) is 23.4 Å². The molecule has 2 rings (SSSR count). The van der Waals surface area contributed by atoms with Crippen molar-refractivity contribution >= 4 is 5.91 Å². The van der Waals surface area contributed by atoms with Crippen molar-refractivity contribution in [3.05, 3.63) is 0 Å². The van der Waals surface area contributed by atoms with Crippen LogP contribution in [0.25, 0.3) is 0 Å². The zero-order valence-corrected chi connectivity index (χ0v) is 11.2. The van der Waals surface area contributed by atoms with Gasteiger partial charge in [-0.25, -0.2) is 0 Å². The van der Waals surface area contributed by atoms with E-state index < -0.39 is 0 Å². The highest BCUT2D eigenvalue weighted by Crippen LogP contribution is 2.36. The van der Waals surface area contributed by atoms with Crippen LogP contribution in [0, 0.1) is 11.8 Å². The van der Waals surface area contributed by atoms with Crippen LogP contribution in [0.1, 0.15) is 58.8 Å². The third-order valence-electron chi connectivity index (χ3n) is 4.95. The van der Waals surface area contributed by atoms with E-state index >= 15 is 0 Å². The maximum Gasteiger partial charge on any atom is 0.223 e. The topological polar surface area (TPSA) is 55.1 Å². The van der Waals surface area contributed by atoms with Crippen molar-refractivity contribution in [1.82, 2.24) is 5.32 Å². The zero-order valence-electron chi connectivity index (χ0n) is 11.2. The van der Waals surface area contributed by atoms with Crippen molar-refractivity contribution in [2.24, 2.45) is 17.6 Å². The van der Waals surface area contributed by atoms with E-state index in [1.54, 1.807) is 0 Å². The van der Waals surface area contributed by atoms with Gasteiger partial charge < -0.3 is 11.1 Å². The number of rotatable bonds is 3. The van der Waals surface area contributed by atoms with Gasteiger partial charge in [-0.15, -0.1) is 0 Å².